The molecule has 98 valence electrons. The van der Waals surface area contributed by atoms with Crippen LogP contribution in [0, 0.1) is 11.7 Å². The fraction of sp³-hybridized carbons (Fsp3) is 0.417. The van der Waals surface area contributed by atoms with Crippen LogP contribution in [-0.2, 0) is 4.79 Å². The number of carbonyl (C=O) groups is 1. The molecule has 1 aliphatic rings. The molecule has 1 N–H and O–H groups in total. The van der Waals surface area contributed by atoms with Crippen molar-refractivity contribution < 1.29 is 9.18 Å². The first-order valence-corrected chi connectivity index (χ1v) is 7.03. The van der Waals surface area contributed by atoms with Crippen LogP contribution >= 0.6 is 23.5 Å². The highest BCUT2D eigenvalue weighted by Crippen LogP contribution is 2.18. The Kier molecular flexibility index (Phi) is 4.86. The molecule has 2 rings (SSSR count). The highest BCUT2D eigenvalue weighted by atomic mass is 35.5. The summed E-state index contributed by atoms with van der Waals surface area (Å²) in [6.45, 7) is 2.36. The zero-order chi connectivity index (χ0) is 13.0. The molecule has 18 heavy (non-hydrogen) atoms. The Labute approximate surface area is 115 Å². The molecule has 0 spiro atoms. The van der Waals surface area contributed by atoms with E-state index in [4.69, 9.17) is 11.6 Å². The number of carbonyl (C=O) groups excluding carboxylic acids is 1. The average molecular weight is 289 g/mol. The number of benzene rings is 1. The summed E-state index contributed by atoms with van der Waals surface area (Å²) in [5.74, 6) is 0.308. The van der Waals surface area contributed by atoms with E-state index in [9.17, 15) is 9.18 Å². The molecule has 1 aromatic rings. The van der Waals surface area contributed by atoms with Gasteiger partial charge in [0.25, 0.3) is 0 Å². The summed E-state index contributed by atoms with van der Waals surface area (Å²) in [5.41, 5.74) is 0. The van der Waals surface area contributed by atoms with E-state index < -0.39 is 0 Å². The fourth-order valence-corrected chi connectivity index (χ4v) is 2.66. The normalized spacial score (nSPS) is 15.6. The SMILES string of the molecule is O=C(CCl)N1CC(CNSc2ccc(F)cc2)C1. The van der Waals surface area contributed by atoms with Crippen LogP contribution in [0.5, 0.6) is 0 Å². The van der Waals surface area contributed by atoms with E-state index in [-0.39, 0.29) is 17.6 Å². The highest BCUT2D eigenvalue weighted by Gasteiger charge is 2.29. The number of halogens is 2. The summed E-state index contributed by atoms with van der Waals surface area (Å²) in [4.78, 5) is 13.9. The summed E-state index contributed by atoms with van der Waals surface area (Å²) in [6, 6.07) is 6.34. The maximum absolute atomic E-state index is 12.7. The Morgan fingerprint density at radius 1 is 1.44 bits per heavy atom. The number of hydrogen-bond donors (Lipinski definition) is 1. The Balaban J connectivity index is 1.63. The molecule has 1 heterocycles. The molecule has 0 unspecified atom stereocenters. The number of rotatable bonds is 5. The van der Waals surface area contributed by atoms with Crippen LogP contribution in [0.25, 0.3) is 0 Å². The number of likely N-dealkylation sites (tertiary alicyclic amines) is 1. The van der Waals surface area contributed by atoms with Crippen molar-refractivity contribution in [1.82, 2.24) is 9.62 Å². The molecule has 0 atom stereocenters. The van der Waals surface area contributed by atoms with Crippen molar-refractivity contribution in [3.8, 4) is 0 Å². The zero-order valence-corrected chi connectivity index (χ0v) is 11.3. The van der Waals surface area contributed by atoms with Gasteiger partial charge in [-0.25, -0.2) is 4.39 Å². The quantitative estimate of drug-likeness (QED) is 0.665. The van der Waals surface area contributed by atoms with E-state index in [2.05, 4.69) is 4.72 Å². The summed E-state index contributed by atoms with van der Waals surface area (Å²) >= 11 is 6.94. The standard InChI is InChI=1S/C12H14ClFN2OS/c13-5-12(17)16-7-9(8-16)6-15-18-11-3-1-10(14)2-4-11/h1-4,9,15H,5-8H2. The van der Waals surface area contributed by atoms with E-state index in [1.807, 2.05) is 0 Å². The van der Waals surface area contributed by atoms with Gasteiger partial charge in [0.2, 0.25) is 5.91 Å². The molecule has 3 nitrogen and oxygen atoms in total. The van der Waals surface area contributed by atoms with Gasteiger partial charge in [-0.3, -0.25) is 9.52 Å². The van der Waals surface area contributed by atoms with Gasteiger partial charge in [0.15, 0.2) is 0 Å². The lowest BCUT2D eigenvalue weighted by atomic mass is 10.0. The van der Waals surface area contributed by atoms with Gasteiger partial charge in [0, 0.05) is 30.4 Å². The van der Waals surface area contributed by atoms with E-state index in [0.29, 0.717) is 5.92 Å². The smallest absolute Gasteiger partial charge is 0.237 e. The van der Waals surface area contributed by atoms with Gasteiger partial charge in [-0.2, -0.15) is 0 Å². The third-order valence-electron chi connectivity index (χ3n) is 2.80. The van der Waals surface area contributed by atoms with Crippen molar-refractivity contribution in [3.63, 3.8) is 0 Å². The van der Waals surface area contributed by atoms with Crippen molar-refractivity contribution in [2.24, 2.45) is 5.92 Å². The van der Waals surface area contributed by atoms with Gasteiger partial charge >= 0.3 is 0 Å². The second-order valence-corrected chi connectivity index (χ2v) is 5.43. The maximum Gasteiger partial charge on any atom is 0.237 e. The van der Waals surface area contributed by atoms with Crippen LogP contribution in [0.1, 0.15) is 0 Å². The highest BCUT2D eigenvalue weighted by molar-refractivity contribution is 7.97. The van der Waals surface area contributed by atoms with Crippen molar-refractivity contribution in [3.05, 3.63) is 30.1 Å². The van der Waals surface area contributed by atoms with Crippen LogP contribution in [0.4, 0.5) is 4.39 Å². The van der Waals surface area contributed by atoms with Gasteiger partial charge in [0.1, 0.15) is 11.7 Å². The minimum absolute atomic E-state index is 0.000829. The summed E-state index contributed by atoms with van der Waals surface area (Å²) in [6.07, 6.45) is 0. The van der Waals surface area contributed by atoms with Gasteiger partial charge in [-0.1, -0.05) is 0 Å². The Morgan fingerprint density at radius 2 is 2.11 bits per heavy atom. The molecule has 1 fully saturated rings. The van der Waals surface area contributed by atoms with Crippen molar-refractivity contribution in [2.45, 2.75) is 4.90 Å². The van der Waals surface area contributed by atoms with Crippen LogP contribution in [0.3, 0.4) is 0 Å². The molecular formula is C12H14ClFN2OS. The summed E-state index contributed by atoms with van der Waals surface area (Å²) < 4.78 is 15.9. The zero-order valence-electron chi connectivity index (χ0n) is 9.73. The first kappa shape index (κ1) is 13.6. The molecule has 1 amide bonds. The lowest BCUT2D eigenvalue weighted by molar-refractivity contribution is -0.134. The molecule has 0 saturated carbocycles. The maximum atomic E-state index is 12.7. The minimum atomic E-state index is -0.228. The predicted molar refractivity (Wildman–Crippen MR) is 71.0 cm³/mol. The molecule has 0 aromatic heterocycles. The Bertz CT molecular complexity index is 409. The van der Waals surface area contributed by atoms with Gasteiger partial charge in [-0.05, 0) is 36.2 Å². The first-order valence-electron chi connectivity index (χ1n) is 5.68. The molecule has 0 aliphatic carbocycles. The molecule has 1 saturated heterocycles. The van der Waals surface area contributed by atoms with Crippen LogP contribution in [0.15, 0.2) is 29.2 Å². The van der Waals surface area contributed by atoms with Gasteiger partial charge in [0.05, 0.1) is 0 Å². The van der Waals surface area contributed by atoms with Crippen molar-refractivity contribution in [1.29, 1.82) is 0 Å². The second-order valence-electron chi connectivity index (χ2n) is 4.20. The van der Waals surface area contributed by atoms with Crippen LogP contribution < -0.4 is 4.72 Å². The van der Waals surface area contributed by atoms with E-state index in [1.165, 1.54) is 24.1 Å². The lowest BCUT2D eigenvalue weighted by Crippen LogP contribution is -2.53. The summed E-state index contributed by atoms with van der Waals surface area (Å²) in [7, 11) is 0. The Morgan fingerprint density at radius 3 is 2.72 bits per heavy atom. The molecule has 0 bridgehead atoms. The van der Waals surface area contributed by atoms with E-state index >= 15 is 0 Å². The molecule has 1 aliphatic heterocycles. The van der Waals surface area contributed by atoms with Crippen molar-refractivity contribution >= 4 is 29.5 Å². The van der Waals surface area contributed by atoms with Gasteiger partial charge in [-0.15, -0.1) is 11.6 Å². The lowest BCUT2D eigenvalue weighted by Gasteiger charge is -2.39. The molecule has 1 aromatic carbocycles. The third-order valence-corrected chi connectivity index (χ3v) is 3.85. The summed E-state index contributed by atoms with van der Waals surface area (Å²) in [5, 5.41) is 0. The first-order chi connectivity index (χ1) is 8.69. The van der Waals surface area contributed by atoms with E-state index in [0.717, 1.165) is 24.5 Å². The van der Waals surface area contributed by atoms with Crippen LogP contribution in [0.2, 0.25) is 0 Å². The molecule has 6 heteroatoms. The number of amides is 1. The average Bonchev–Trinajstić information content (AvgIpc) is 2.33. The second kappa shape index (κ2) is 6.41. The minimum Gasteiger partial charge on any atom is -0.341 e. The molecular weight excluding hydrogens is 275 g/mol. The number of hydrogen-bond acceptors (Lipinski definition) is 3. The number of nitrogens with one attached hydrogen (secondary N) is 1. The Hall–Kier alpha value is -0.780. The number of alkyl halides is 1. The fourth-order valence-electron chi connectivity index (χ4n) is 1.73. The largest absolute Gasteiger partial charge is 0.341 e. The number of nitrogens with zero attached hydrogens (tertiary/aromatic N) is 1. The topological polar surface area (TPSA) is 32.3 Å². The monoisotopic (exact) mass is 288 g/mol. The molecule has 0 radical (unpaired) electrons. The predicted octanol–water partition coefficient (Wildman–Crippen LogP) is 2.12. The van der Waals surface area contributed by atoms with Crippen LogP contribution in [-0.4, -0.2) is 36.3 Å². The third kappa shape index (κ3) is 3.60. The van der Waals surface area contributed by atoms with Crippen molar-refractivity contribution in [2.75, 3.05) is 25.5 Å². The van der Waals surface area contributed by atoms with Gasteiger partial charge < -0.3 is 4.90 Å². The van der Waals surface area contributed by atoms with E-state index in [1.54, 1.807) is 17.0 Å².